The third-order valence-corrected chi connectivity index (χ3v) is 6.91. The topological polar surface area (TPSA) is 48.0 Å². The Bertz CT molecular complexity index is 1080. The van der Waals surface area contributed by atoms with Crippen LogP contribution in [0.3, 0.4) is 0 Å². The first-order valence-electron chi connectivity index (χ1n) is 11.1. The fraction of sp³-hybridized carbons (Fsp3) is 0.385. The number of carbonyl (C=O) groups is 1. The molecule has 1 saturated heterocycles. The van der Waals surface area contributed by atoms with Gasteiger partial charge < -0.3 is 14.2 Å². The minimum Gasteiger partial charge on any atom is -0.493 e. The summed E-state index contributed by atoms with van der Waals surface area (Å²) in [5.74, 6) is 1.73. The van der Waals surface area contributed by atoms with Gasteiger partial charge in [-0.1, -0.05) is 68.5 Å². The third-order valence-electron chi connectivity index (χ3n) is 5.14. The second-order valence-corrected chi connectivity index (χ2v) is 10.9. The molecule has 1 aliphatic heterocycles. The molecule has 182 valence electrons. The first-order valence-corrected chi connectivity index (χ1v) is 12.7. The average molecular weight is 520 g/mol. The second-order valence-electron chi connectivity index (χ2n) is 8.83. The van der Waals surface area contributed by atoms with Crippen molar-refractivity contribution in [2.45, 2.75) is 39.5 Å². The largest absolute Gasteiger partial charge is 0.493 e. The van der Waals surface area contributed by atoms with Crippen molar-refractivity contribution in [3.05, 3.63) is 57.5 Å². The SMILES string of the molecule is CCOc1cc(C=C2SC(=S)N(C)C2=O)cc(Cl)c1OCCCOc1ccc(C(C)(C)C)cc1. The number of likely N-dealkylation sites (N-methyl/N-ethyl adjacent to an activating group) is 1. The van der Waals surface area contributed by atoms with Gasteiger partial charge in [0.05, 0.1) is 29.7 Å². The molecule has 0 atom stereocenters. The highest BCUT2D eigenvalue weighted by molar-refractivity contribution is 8.26. The zero-order chi connectivity index (χ0) is 24.9. The standard InChI is InChI=1S/C26H30ClNO4S2/c1-6-30-21-15-17(16-22-24(29)28(5)25(33)34-22)14-20(27)23(21)32-13-7-12-31-19-10-8-18(9-11-19)26(2,3)4/h8-11,14-16H,6-7,12-13H2,1-5H3. The summed E-state index contributed by atoms with van der Waals surface area (Å²) in [6.45, 7) is 9.86. The normalized spacial score (nSPS) is 15.2. The lowest BCUT2D eigenvalue weighted by atomic mass is 9.87. The highest BCUT2D eigenvalue weighted by Crippen LogP contribution is 2.39. The van der Waals surface area contributed by atoms with E-state index in [0.717, 1.165) is 11.3 Å². The Morgan fingerprint density at radius 1 is 1.09 bits per heavy atom. The Morgan fingerprint density at radius 2 is 1.76 bits per heavy atom. The zero-order valence-corrected chi connectivity index (χ0v) is 22.5. The van der Waals surface area contributed by atoms with Crippen LogP contribution in [-0.4, -0.2) is 42.0 Å². The van der Waals surface area contributed by atoms with Crippen LogP contribution in [0.5, 0.6) is 17.2 Å². The lowest BCUT2D eigenvalue weighted by molar-refractivity contribution is -0.121. The minimum absolute atomic E-state index is 0.116. The number of hydrogen-bond donors (Lipinski definition) is 0. The molecule has 0 saturated carbocycles. The van der Waals surface area contributed by atoms with Crippen LogP contribution in [0, 0.1) is 0 Å². The number of rotatable bonds is 9. The molecule has 1 fully saturated rings. The predicted octanol–water partition coefficient (Wildman–Crippen LogP) is 6.72. The van der Waals surface area contributed by atoms with Gasteiger partial charge in [-0.05, 0) is 53.8 Å². The van der Waals surface area contributed by atoms with Crippen molar-refractivity contribution < 1.29 is 19.0 Å². The van der Waals surface area contributed by atoms with E-state index in [-0.39, 0.29) is 11.3 Å². The molecule has 0 aromatic heterocycles. The van der Waals surface area contributed by atoms with E-state index in [9.17, 15) is 4.79 Å². The van der Waals surface area contributed by atoms with Gasteiger partial charge in [0, 0.05) is 13.5 Å². The Labute approximate surface area is 216 Å². The number of thioether (sulfide) groups is 1. The Morgan fingerprint density at radius 3 is 2.35 bits per heavy atom. The van der Waals surface area contributed by atoms with E-state index in [0.29, 0.717) is 52.0 Å². The second kappa shape index (κ2) is 11.5. The number of nitrogens with zero attached hydrogens (tertiary/aromatic N) is 1. The summed E-state index contributed by atoms with van der Waals surface area (Å²) in [5, 5.41) is 0.419. The molecule has 3 rings (SSSR count). The molecule has 0 unspecified atom stereocenters. The highest BCUT2D eigenvalue weighted by atomic mass is 35.5. The number of carbonyl (C=O) groups excluding carboxylic acids is 1. The van der Waals surface area contributed by atoms with Gasteiger partial charge in [0.25, 0.3) is 5.91 Å². The monoisotopic (exact) mass is 519 g/mol. The fourth-order valence-electron chi connectivity index (χ4n) is 3.25. The predicted molar refractivity (Wildman–Crippen MR) is 144 cm³/mol. The Hall–Kier alpha value is -2.22. The first kappa shape index (κ1) is 26.4. The molecular weight excluding hydrogens is 490 g/mol. The lowest BCUT2D eigenvalue weighted by Crippen LogP contribution is -2.22. The molecule has 1 heterocycles. The van der Waals surface area contributed by atoms with Crippen LogP contribution in [0.25, 0.3) is 6.08 Å². The molecule has 0 bridgehead atoms. The molecule has 1 amide bonds. The lowest BCUT2D eigenvalue weighted by Gasteiger charge is -2.19. The summed E-state index contributed by atoms with van der Waals surface area (Å²) < 4.78 is 18.1. The summed E-state index contributed by atoms with van der Waals surface area (Å²) in [5.41, 5.74) is 2.13. The van der Waals surface area contributed by atoms with Gasteiger partial charge in [0.15, 0.2) is 11.5 Å². The van der Waals surface area contributed by atoms with E-state index < -0.39 is 0 Å². The molecule has 34 heavy (non-hydrogen) atoms. The van der Waals surface area contributed by atoms with Crippen molar-refractivity contribution >= 4 is 51.9 Å². The van der Waals surface area contributed by atoms with Crippen LogP contribution in [0.2, 0.25) is 5.02 Å². The van der Waals surface area contributed by atoms with Gasteiger partial charge in [-0.15, -0.1) is 0 Å². The summed E-state index contributed by atoms with van der Waals surface area (Å²) in [4.78, 5) is 14.3. The van der Waals surface area contributed by atoms with Crippen molar-refractivity contribution in [3.8, 4) is 17.2 Å². The van der Waals surface area contributed by atoms with Crippen LogP contribution in [0.4, 0.5) is 0 Å². The summed E-state index contributed by atoms with van der Waals surface area (Å²) >= 11 is 13.0. The molecular formula is C26H30ClNO4S2. The van der Waals surface area contributed by atoms with Crippen LogP contribution in [0.1, 0.15) is 45.2 Å². The van der Waals surface area contributed by atoms with E-state index >= 15 is 0 Å². The van der Waals surface area contributed by atoms with Gasteiger partial charge in [-0.2, -0.15) is 0 Å². The number of ether oxygens (including phenoxy) is 3. The van der Waals surface area contributed by atoms with Crippen molar-refractivity contribution in [2.24, 2.45) is 0 Å². The van der Waals surface area contributed by atoms with Crippen LogP contribution >= 0.6 is 35.6 Å². The molecule has 8 heteroatoms. The van der Waals surface area contributed by atoms with Gasteiger partial charge in [0.2, 0.25) is 0 Å². The molecule has 2 aromatic carbocycles. The molecule has 2 aromatic rings. The number of thiocarbonyl (C=S) groups is 1. The van der Waals surface area contributed by atoms with Crippen molar-refractivity contribution in [2.75, 3.05) is 26.9 Å². The summed E-state index contributed by atoms with van der Waals surface area (Å²) in [6, 6.07) is 11.8. The average Bonchev–Trinajstić information content (AvgIpc) is 3.01. The van der Waals surface area contributed by atoms with E-state index in [2.05, 4.69) is 32.9 Å². The zero-order valence-electron chi connectivity index (χ0n) is 20.1. The van der Waals surface area contributed by atoms with Crippen molar-refractivity contribution in [1.29, 1.82) is 0 Å². The molecule has 0 aliphatic carbocycles. The fourth-order valence-corrected chi connectivity index (χ4v) is 4.70. The Balaban J connectivity index is 1.60. The number of amides is 1. The molecule has 0 N–H and O–H groups in total. The molecule has 0 radical (unpaired) electrons. The van der Waals surface area contributed by atoms with E-state index in [4.69, 9.17) is 38.0 Å². The molecule has 1 aliphatic rings. The summed E-state index contributed by atoms with van der Waals surface area (Å²) in [7, 11) is 1.67. The number of benzene rings is 2. The number of hydrogen-bond acceptors (Lipinski definition) is 6. The van der Waals surface area contributed by atoms with Crippen LogP contribution in [0.15, 0.2) is 41.3 Å². The highest BCUT2D eigenvalue weighted by Gasteiger charge is 2.28. The van der Waals surface area contributed by atoms with Crippen LogP contribution in [-0.2, 0) is 10.2 Å². The third kappa shape index (κ3) is 6.68. The van der Waals surface area contributed by atoms with E-state index in [1.807, 2.05) is 25.1 Å². The maximum Gasteiger partial charge on any atom is 0.265 e. The molecule has 0 spiro atoms. The van der Waals surface area contributed by atoms with E-state index in [1.165, 1.54) is 22.2 Å². The quantitative estimate of drug-likeness (QED) is 0.208. The van der Waals surface area contributed by atoms with Gasteiger partial charge in [-0.3, -0.25) is 9.69 Å². The maximum absolute atomic E-state index is 12.3. The van der Waals surface area contributed by atoms with Gasteiger partial charge in [-0.25, -0.2) is 0 Å². The van der Waals surface area contributed by atoms with Gasteiger partial charge >= 0.3 is 0 Å². The first-order chi connectivity index (χ1) is 16.1. The van der Waals surface area contributed by atoms with E-state index in [1.54, 1.807) is 19.2 Å². The maximum atomic E-state index is 12.3. The smallest absolute Gasteiger partial charge is 0.265 e. The van der Waals surface area contributed by atoms with Crippen LogP contribution < -0.4 is 14.2 Å². The van der Waals surface area contributed by atoms with Crippen molar-refractivity contribution in [3.63, 3.8) is 0 Å². The van der Waals surface area contributed by atoms with Gasteiger partial charge in [0.1, 0.15) is 10.1 Å². The minimum atomic E-state index is -0.127. The van der Waals surface area contributed by atoms with Crippen molar-refractivity contribution in [1.82, 2.24) is 4.90 Å². The number of halogens is 1. The molecule has 5 nitrogen and oxygen atoms in total. The summed E-state index contributed by atoms with van der Waals surface area (Å²) in [6.07, 6.45) is 2.45. The Kier molecular flexibility index (Phi) is 8.90.